The molecule has 1 saturated heterocycles. The Bertz CT molecular complexity index is 517. The van der Waals surface area contributed by atoms with Gasteiger partial charge in [-0.05, 0) is 46.2 Å². The Labute approximate surface area is 151 Å². The highest BCUT2D eigenvalue weighted by Crippen LogP contribution is 2.19. The fourth-order valence-electron chi connectivity index (χ4n) is 3.05. The van der Waals surface area contributed by atoms with Crippen molar-refractivity contribution in [3.63, 3.8) is 0 Å². The molecule has 6 heteroatoms. The summed E-state index contributed by atoms with van der Waals surface area (Å²) in [6.07, 6.45) is 8.03. The smallest absolute Gasteiger partial charge is 0.191 e. The first-order valence-corrected chi connectivity index (χ1v) is 10.00. The number of hydrogen-bond donors (Lipinski definition) is 2. The van der Waals surface area contributed by atoms with E-state index in [1.807, 2.05) is 24.6 Å². The van der Waals surface area contributed by atoms with Crippen LogP contribution in [-0.2, 0) is 12.8 Å². The van der Waals surface area contributed by atoms with E-state index in [2.05, 4.69) is 46.3 Å². The van der Waals surface area contributed by atoms with E-state index < -0.39 is 0 Å². The van der Waals surface area contributed by atoms with Crippen LogP contribution in [0.5, 0.6) is 0 Å². The van der Waals surface area contributed by atoms with Crippen LogP contribution in [0.4, 0.5) is 0 Å². The van der Waals surface area contributed by atoms with E-state index in [0.717, 1.165) is 31.9 Å². The van der Waals surface area contributed by atoms with Crippen molar-refractivity contribution in [3.8, 4) is 0 Å². The van der Waals surface area contributed by atoms with Crippen molar-refractivity contribution >= 4 is 17.3 Å². The molecule has 0 aliphatic carbocycles. The number of aryl methyl sites for hydroxylation is 1. The van der Waals surface area contributed by atoms with Crippen molar-refractivity contribution in [1.82, 2.24) is 20.5 Å². The van der Waals surface area contributed by atoms with Gasteiger partial charge in [0.1, 0.15) is 0 Å². The number of likely N-dealkylation sites (tertiary alicyclic amines) is 1. The van der Waals surface area contributed by atoms with Crippen molar-refractivity contribution in [3.05, 3.63) is 16.1 Å². The molecule has 1 aromatic heterocycles. The second kappa shape index (κ2) is 9.37. The molecule has 0 saturated carbocycles. The van der Waals surface area contributed by atoms with Gasteiger partial charge >= 0.3 is 0 Å². The van der Waals surface area contributed by atoms with Gasteiger partial charge in [0.25, 0.3) is 0 Å². The SMILES string of the molecule is CCc1cnc(CCNC(=NC)NCC(C)(C)N2CCCCC2)s1. The fourth-order valence-corrected chi connectivity index (χ4v) is 3.91. The van der Waals surface area contributed by atoms with Crippen molar-refractivity contribution in [2.75, 3.05) is 33.2 Å². The van der Waals surface area contributed by atoms with E-state index in [-0.39, 0.29) is 5.54 Å². The number of rotatable bonds is 7. The lowest BCUT2D eigenvalue weighted by atomic mass is 9.98. The molecule has 136 valence electrons. The van der Waals surface area contributed by atoms with Gasteiger partial charge in [0.05, 0.1) is 5.01 Å². The summed E-state index contributed by atoms with van der Waals surface area (Å²) in [5.74, 6) is 0.882. The van der Waals surface area contributed by atoms with Gasteiger partial charge in [-0.25, -0.2) is 4.98 Å². The van der Waals surface area contributed by atoms with Crippen LogP contribution in [0, 0.1) is 0 Å². The van der Waals surface area contributed by atoms with Crippen LogP contribution >= 0.6 is 11.3 Å². The summed E-state index contributed by atoms with van der Waals surface area (Å²) in [5.41, 5.74) is 0.156. The summed E-state index contributed by atoms with van der Waals surface area (Å²) >= 11 is 1.81. The Balaban J connectivity index is 1.73. The zero-order valence-electron chi connectivity index (χ0n) is 15.7. The molecule has 1 fully saturated rings. The van der Waals surface area contributed by atoms with Gasteiger partial charge in [-0.1, -0.05) is 13.3 Å². The highest BCUT2D eigenvalue weighted by atomic mass is 32.1. The number of piperidine rings is 1. The Morgan fingerprint density at radius 3 is 2.67 bits per heavy atom. The maximum Gasteiger partial charge on any atom is 0.191 e. The molecular weight excluding hydrogens is 318 g/mol. The lowest BCUT2D eigenvalue weighted by Crippen LogP contribution is -2.55. The highest BCUT2D eigenvalue weighted by molar-refractivity contribution is 7.11. The topological polar surface area (TPSA) is 52.6 Å². The van der Waals surface area contributed by atoms with Crippen LogP contribution in [0.3, 0.4) is 0 Å². The number of guanidine groups is 1. The summed E-state index contributed by atoms with van der Waals surface area (Å²) in [6, 6.07) is 0. The van der Waals surface area contributed by atoms with E-state index in [4.69, 9.17) is 0 Å². The molecular formula is C18H33N5S. The van der Waals surface area contributed by atoms with Crippen molar-refractivity contribution in [1.29, 1.82) is 0 Å². The van der Waals surface area contributed by atoms with E-state index in [0.29, 0.717) is 0 Å². The summed E-state index contributed by atoms with van der Waals surface area (Å²) < 4.78 is 0. The number of hydrogen-bond acceptors (Lipinski definition) is 4. The van der Waals surface area contributed by atoms with Crippen LogP contribution in [-0.4, -0.2) is 54.6 Å². The predicted molar refractivity (Wildman–Crippen MR) is 104 cm³/mol. The van der Waals surface area contributed by atoms with Gasteiger partial charge in [-0.15, -0.1) is 11.3 Å². The van der Waals surface area contributed by atoms with Gasteiger partial charge in [0.15, 0.2) is 5.96 Å². The van der Waals surface area contributed by atoms with Crippen molar-refractivity contribution in [2.45, 2.75) is 58.4 Å². The first-order chi connectivity index (χ1) is 11.5. The third-order valence-corrected chi connectivity index (χ3v) is 5.91. The van der Waals surface area contributed by atoms with Gasteiger partial charge in [0.2, 0.25) is 0 Å². The molecule has 1 aliphatic heterocycles. The van der Waals surface area contributed by atoms with Crippen LogP contribution in [0.25, 0.3) is 0 Å². The van der Waals surface area contributed by atoms with Gasteiger partial charge in [0, 0.05) is 43.2 Å². The Hall–Kier alpha value is -1.14. The minimum Gasteiger partial charge on any atom is -0.356 e. The van der Waals surface area contributed by atoms with E-state index >= 15 is 0 Å². The summed E-state index contributed by atoms with van der Waals surface area (Å²) in [5, 5.41) is 8.10. The van der Waals surface area contributed by atoms with Gasteiger partial charge in [-0.2, -0.15) is 0 Å². The minimum atomic E-state index is 0.156. The van der Waals surface area contributed by atoms with E-state index in [1.165, 1.54) is 42.2 Å². The maximum absolute atomic E-state index is 4.47. The first kappa shape index (κ1) is 19.2. The molecule has 0 bridgehead atoms. The number of nitrogens with one attached hydrogen (secondary N) is 2. The number of aliphatic imine (C=N–C) groups is 1. The fraction of sp³-hybridized carbons (Fsp3) is 0.778. The molecule has 2 rings (SSSR count). The second-order valence-electron chi connectivity index (χ2n) is 7.04. The molecule has 0 spiro atoms. The van der Waals surface area contributed by atoms with Crippen molar-refractivity contribution in [2.24, 2.45) is 4.99 Å². The normalized spacial score (nSPS) is 17.1. The molecule has 24 heavy (non-hydrogen) atoms. The average Bonchev–Trinajstić information content (AvgIpc) is 3.06. The molecule has 1 aliphatic rings. The molecule has 0 unspecified atom stereocenters. The summed E-state index contributed by atoms with van der Waals surface area (Å²) in [6.45, 7) is 11.0. The first-order valence-electron chi connectivity index (χ1n) is 9.18. The van der Waals surface area contributed by atoms with Crippen LogP contribution in [0.2, 0.25) is 0 Å². The van der Waals surface area contributed by atoms with E-state index in [1.54, 1.807) is 0 Å². The zero-order valence-corrected chi connectivity index (χ0v) is 16.5. The second-order valence-corrected chi connectivity index (χ2v) is 8.24. The Kier molecular flexibility index (Phi) is 7.49. The van der Waals surface area contributed by atoms with Crippen LogP contribution in [0.15, 0.2) is 11.2 Å². The average molecular weight is 352 g/mol. The number of nitrogens with zero attached hydrogens (tertiary/aromatic N) is 3. The van der Waals surface area contributed by atoms with Gasteiger partial charge < -0.3 is 10.6 Å². The molecule has 1 aromatic rings. The third kappa shape index (κ3) is 5.74. The third-order valence-electron chi connectivity index (χ3n) is 4.71. The Morgan fingerprint density at radius 1 is 1.29 bits per heavy atom. The molecule has 0 aromatic carbocycles. The highest BCUT2D eigenvalue weighted by Gasteiger charge is 2.27. The number of aromatic nitrogens is 1. The molecule has 5 nitrogen and oxygen atoms in total. The summed E-state index contributed by atoms with van der Waals surface area (Å²) in [7, 11) is 1.84. The summed E-state index contributed by atoms with van der Waals surface area (Å²) in [4.78, 5) is 12.8. The monoisotopic (exact) mass is 351 g/mol. The Morgan fingerprint density at radius 2 is 2.04 bits per heavy atom. The standard InChI is InChI=1S/C18H33N5S/c1-5-15-13-21-16(24-15)9-10-20-17(19-4)22-14-18(2,3)23-11-7-6-8-12-23/h13H,5-12,14H2,1-4H3,(H2,19,20,22). The zero-order chi connectivity index (χ0) is 17.4. The minimum absolute atomic E-state index is 0.156. The van der Waals surface area contributed by atoms with E-state index in [9.17, 15) is 0 Å². The molecule has 0 radical (unpaired) electrons. The van der Waals surface area contributed by atoms with Gasteiger partial charge in [-0.3, -0.25) is 9.89 Å². The lowest BCUT2D eigenvalue weighted by Gasteiger charge is -2.41. The lowest BCUT2D eigenvalue weighted by molar-refractivity contribution is 0.0982. The molecule has 0 amide bonds. The van der Waals surface area contributed by atoms with Crippen LogP contribution in [0.1, 0.15) is 49.9 Å². The van der Waals surface area contributed by atoms with Crippen LogP contribution < -0.4 is 10.6 Å². The molecule has 0 atom stereocenters. The predicted octanol–water partition coefficient (Wildman–Crippen LogP) is 2.68. The quantitative estimate of drug-likeness (QED) is 0.586. The number of thiazole rings is 1. The molecule has 2 heterocycles. The maximum atomic E-state index is 4.47. The largest absolute Gasteiger partial charge is 0.356 e. The molecule has 2 N–H and O–H groups in total. The van der Waals surface area contributed by atoms with Crippen molar-refractivity contribution < 1.29 is 0 Å².